The van der Waals surface area contributed by atoms with Crippen molar-refractivity contribution in [3.63, 3.8) is 0 Å². The Morgan fingerprint density at radius 2 is 1.45 bits per heavy atom. The van der Waals surface area contributed by atoms with Crippen molar-refractivity contribution in [2.75, 3.05) is 0 Å². The molecule has 0 spiro atoms. The lowest BCUT2D eigenvalue weighted by Gasteiger charge is -2.04. The van der Waals surface area contributed by atoms with Gasteiger partial charge in [-0.2, -0.15) is 0 Å². The summed E-state index contributed by atoms with van der Waals surface area (Å²) in [5, 5.41) is 2.65. The van der Waals surface area contributed by atoms with Crippen molar-refractivity contribution in [1.29, 1.82) is 0 Å². The summed E-state index contributed by atoms with van der Waals surface area (Å²) in [5.41, 5.74) is 1.37. The van der Waals surface area contributed by atoms with Gasteiger partial charge < -0.3 is 0 Å². The molecule has 0 heteroatoms. The van der Waals surface area contributed by atoms with Gasteiger partial charge in [0, 0.05) is 0 Å². The van der Waals surface area contributed by atoms with Crippen molar-refractivity contribution in [3.8, 4) is 0 Å². The molecule has 107 valence electrons. The molecule has 0 bridgehead atoms. The second kappa shape index (κ2) is 8.79. The molecule has 0 saturated heterocycles. The molecule has 2 aromatic rings. The Labute approximate surface area is 124 Å². The molecule has 0 aliphatic heterocycles. The summed E-state index contributed by atoms with van der Waals surface area (Å²) >= 11 is 0. The quantitative estimate of drug-likeness (QED) is 0.466. The van der Waals surface area contributed by atoms with Gasteiger partial charge in [0.1, 0.15) is 0 Å². The van der Waals surface area contributed by atoms with Crippen LogP contribution in [-0.2, 0) is 6.42 Å². The fourth-order valence-electron chi connectivity index (χ4n) is 2.77. The Bertz CT molecular complexity index is 498. The van der Waals surface area contributed by atoms with Crippen LogP contribution in [0.15, 0.2) is 36.4 Å². The van der Waals surface area contributed by atoms with E-state index >= 15 is 0 Å². The smallest absolute Gasteiger partial charge is 0.0143 e. The van der Waals surface area contributed by atoms with Crippen LogP contribution in [0, 0.1) is 6.07 Å². The molecule has 0 heterocycles. The van der Waals surface area contributed by atoms with E-state index in [1.165, 1.54) is 74.1 Å². The standard InChI is InChI=1S/C20H27/c1-2-3-4-5-6-7-8-9-12-18-15-16-19-13-10-11-14-20(19)17-18/h10-11,13-14,16-17H,2-9,12H2,1H3. The fraction of sp³-hybridized carbons (Fsp3) is 0.500. The first kappa shape index (κ1) is 15.1. The van der Waals surface area contributed by atoms with E-state index in [1.807, 2.05) is 0 Å². The molecule has 0 N–H and O–H groups in total. The molecule has 0 unspecified atom stereocenters. The third-order valence-corrected chi connectivity index (χ3v) is 4.04. The molecular formula is C20H27. The highest BCUT2D eigenvalue weighted by atomic mass is 14.0. The summed E-state index contributed by atoms with van der Waals surface area (Å²) in [4.78, 5) is 0. The molecule has 0 aromatic heterocycles. The predicted molar refractivity (Wildman–Crippen MR) is 89.1 cm³/mol. The molecule has 0 fully saturated rings. The number of rotatable bonds is 9. The van der Waals surface area contributed by atoms with Gasteiger partial charge in [-0.25, -0.2) is 0 Å². The molecule has 2 aromatic carbocycles. The number of hydrogen-bond acceptors (Lipinski definition) is 0. The van der Waals surface area contributed by atoms with Crippen molar-refractivity contribution >= 4 is 10.8 Å². The summed E-state index contributed by atoms with van der Waals surface area (Å²) in [6.07, 6.45) is 12.3. The maximum Gasteiger partial charge on any atom is -0.0143 e. The van der Waals surface area contributed by atoms with E-state index in [-0.39, 0.29) is 0 Å². The zero-order valence-corrected chi connectivity index (χ0v) is 12.8. The zero-order valence-electron chi connectivity index (χ0n) is 12.8. The minimum Gasteiger partial charge on any atom is -0.0654 e. The van der Waals surface area contributed by atoms with Crippen LogP contribution in [0.3, 0.4) is 0 Å². The predicted octanol–water partition coefficient (Wildman–Crippen LogP) is 6.32. The monoisotopic (exact) mass is 267 g/mol. The summed E-state index contributed by atoms with van der Waals surface area (Å²) in [5.74, 6) is 0. The zero-order chi connectivity index (χ0) is 14.0. The minimum atomic E-state index is 1.18. The maximum atomic E-state index is 3.43. The first-order chi connectivity index (χ1) is 9.90. The van der Waals surface area contributed by atoms with Crippen LogP contribution in [0.2, 0.25) is 0 Å². The van der Waals surface area contributed by atoms with Gasteiger partial charge in [-0.3, -0.25) is 0 Å². The summed E-state index contributed by atoms with van der Waals surface area (Å²) in [6, 6.07) is 16.4. The second-order valence-corrected chi connectivity index (χ2v) is 5.81. The third kappa shape index (κ3) is 5.00. The van der Waals surface area contributed by atoms with E-state index in [0.717, 1.165) is 0 Å². The van der Waals surface area contributed by atoms with Crippen LogP contribution in [-0.4, -0.2) is 0 Å². The average Bonchev–Trinajstić information content (AvgIpc) is 2.50. The van der Waals surface area contributed by atoms with Crippen LogP contribution in [0.25, 0.3) is 10.8 Å². The van der Waals surface area contributed by atoms with Gasteiger partial charge in [0.15, 0.2) is 0 Å². The van der Waals surface area contributed by atoms with Gasteiger partial charge in [0.25, 0.3) is 0 Å². The SMILES string of the molecule is CCCCCCCCCCc1[c]cc2ccccc2c1. The van der Waals surface area contributed by atoms with Gasteiger partial charge >= 0.3 is 0 Å². The molecule has 20 heavy (non-hydrogen) atoms. The van der Waals surface area contributed by atoms with Crippen molar-refractivity contribution in [3.05, 3.63) is 48.0 Å². The number of benzene rings is 2. The first-order valence-corrected chi connectivity index (χ1v) is 8.29. The van der Waals surface area contributed by atoms with Crippen molar-refractivity contribution in [2.45, 2.75) is 64.7 Å². The maximum absolute atomic E-state index is 3.43. The number of fused-ring (bicyclic) bond motifs is 1. The van der Waals surface area contributed by atoms with Crippen LogP contribution in [0.1, 0.15) is 63.9 Å². The van der Waals surface area contributed by atoms with Crippen LogP contribution in [0.5, 0.6) is 0 Å². The molecule has 0 saturated carbocycles. The molecule has 0 aliphatic rings. The van der Waals surface area contributed by atoms with Gasteiger partial charge in [0.05, 0.1) is 0 Å². The topological polar surface area (TPSA) is 0 Å². The van der Waals surface area contributed by atoms with Gasteiger partial charge in [-0.05, 0) is 41.3 Å². The Morgan fingerprint density at radius 3 is 2.20 bits per heavy atom. The van der Waals surface area contributed by atoms with Crippen molar-refractivity contribution < 1.29 is 0 Å². The molecule has 1 radical (unpaired) electrons. The number of hydrogen-bond donors (Lipinski definition) is 0. The molecule has 0 nitrogen and oxygen atoms in total. The largest absolute Gasteiger partial charge is 0.0654 e. The lowest BCUT2D eigenvalue weighted by molar-refractivity contribution is 0.575. The Kier molecular flexibility index (Phi) is 6.63. The van der Waals surface area contributed by atoms with Crippen LogP contribution < -0.4 is 0 Å². The molecular weight excluding hydrogens is 240 g/mol. The van der Waals surface area contributed by atoms with E-state index in [1.54, 1.807) is 0 Å². The summed E-state index contributed by atoms with van der Waals surface area (Å²) < 4.78 is 0. The Balaban J connectivity index is 1.65. The van der Waals surface area contributed by atoms with Crippen molar-refractivity contribution in [1.82, 2.24) is 0 Å². The molecule has 0 aliphatic carbocycles. The second-order valence-electron chi connectivity index (χ2n) is 5.81. The average molecular weight is 267 g/mol. The van der Waals surface area contributed by atoms with Crippen LogP contribution >= 0.6 is 0 Å². The van der Waals surface area contributed by atoms with E-state index in [0.29, 0.717) is 0 Å². The van der Waals surface area contributed by atoms with E-state index in [2.05, 4.69) is 49.4 Å². The number of unbranched alkanes of at least 4 members (excludes halogenated alkanes) is 7. The summed E-state index contributed by atoms with van der Waals surface area (Å²) in [7, 11) is 0. The van der Waals surface area contributed by atoms with E-state index < -0.39 is 0 Å². The highest BCUT2D eigenvalue weighted by Gasteiger charge is 1.97. The molecule has 0 atom stereocenters. The lowest BCUT2D eigenvalue weighted by atomic mass is 10.0. The van der Waals surface area contributed by atoms with Gasteiger partial charge in [-0.15, -0.1) is 0 Å². The summed E-state index contributed by atoms with van der Waals surface area (Å²) in [6.45, 7) is 2.28. The van der Waals surface area contributed by atoms with Crippen LogP contribution in [0.4, 0.5) is 0 Å². The highest BCUT2D eigenvalue weighted by molar-refractivity contribution is 5.82. The Hall–Kier alpha value is -1.30. The number of aryl methyl sites for hydroxylation is 1. The van der Waals surface area contributed by atoms with Gasteiger partial charge in [-0.1, -0.05) is 82.2 Å². The normalized spacial score (nSPS) is 11.1. The first-order valence-electron chi connectivity index (χ1n) is 8.29. The van der Waals surface area contributed by atoms with E-state index in [4.69, 9.17) is 0 Å². The third-order valence-electron chi connectivity index (χ3n) is 4.04. The lowest BCUT2D eigenvalue weighted by Crippen LogP contribution is -1.87. The fourth-order valence-corrected chi connectivity index (χ4v) is 2.77. The molecule has 2 rings (SSSR count). The van der Waals surface area contributed by atoms with Gasteiger partial charge in [0.2, 0.25) is 0 Å². The van der Waals surface area contributed by atoms with E-state index in [9.17, 15) is 0 Å². The Morgan fingerprint density at radius 1 is 0.800 bits per heavy atom. The minimum absolute atomic E-state index is 1.18. The highest BCUT2D eigenvalue weighted by Crippen LogP contribution is 2.17. The van der Waals surface area contributed by atoms with Crippen molar-refractivity contribution in [2.24, 2.45) is 0 Å². The molecule has 0 amide bonds.